The van der Waals surface area contributed by atoms with Gasteiger partial charge in [-0.05, 0) is 92.4 Å². The third kappa shape index (κ3) is 8.19. The van der Waals surface area contributed by atoms with E-state index in [0.717, 1.165) is 17.7 Å². The first-order valence-electron chi connectivity index (χ1n) is 8.69. The number of alkyl halides is 3. The van der Waals surface area contributed by atoms with E-state index in [1.807, 2.05) is 0 Å². The number of rotatable bonds is 5. The van der Waals surface area contributed by atoms with Gasteiger partial charge in [0.05, 0.1) is 10.8 Å². The zero-order valence-electron chi connectivity index (χ0n) is 16.9. The number of ether oxygens (including phenoxy) is 1. The van der Waals surface area contributed by atoms with Crippen molar-refractivity contribution in [3.05, 3.63) is 63.6 Å². The van der Waals surface area contributed by atoms with Gasteiger partial charge in [-0.15, -0.1) is 13.2 Å². The zero-order chi connectivity index (χ0) is 24.2. The van der Waals surface area contributed by atoms with Crippen LogP contribution in [0.2, 0.25) is 10.0 Å². The number of hydrogen-bond acceptors (Lipinski definition) is 3. The Morgan fingerprint density at radius 1 is 0.774 bits per heavy atom. The lowest BCUT2D eigenvalue weighted by Gasteiger charge is -2.21. The van der Waals surface area contributed by atoms with Gasteiger partial charge in [-0.2, -0.15) is 0 Å². The van der Waals surface area contributed by atoms with Crippen molar-refractivity contribution in [2.45, 2.75) is 44.9 Å². The molecular formula is C21H19Cl4F3O3. The fraction of sp³-hybridized carbons (Fsp3) is 0.333. The van der Waals surface area contributed by atoms with Crippen LogP contribution in [-0.2, 0) is 20.4 Å². The van der Waals surface area contributed by atoms with E-state index in [4.69, 9.17) is 46.4 Å². The maximum atomic E-state index is 12.0. The lowest BCUT2D eigenvalue weighted by Crippen LogP contribution is -2.25. The molecule has 0 N–H and O–H groups in total. The summed E-state index contributed by atoms with van der Waals surface area (Å²) in [5.74, 6) is -0.374. The van der Waals surface area contributed by atoms with Gasteiger partial charge in [0.1, 0.15) is 5.75 Å². The van der Waals surface area contributed by atoms with Crippen molar-refractivity contribution in [2.75, 3.05) is 0 Å². The van der Waals surface area contributed by atoms with Gasteiger partial charge >= 0.3 is 6.36 Å². The summed E-state index contributed by atoms with van der Waals surface area (Å²) >= 11 is 22.5. The molecule has 0 bridgehead atoms. The first-order chi connectivity index (χ1) is 14.0. The van der Waals surface area contributed by atoms with E-state index in [2.05, 4.69) is 4.74 Å². The van der Waals surface area contributed by atoms with E-state index in [0.29, 0.717) is 15.6 Å². The van der Waals surface area contributed by atoms with Gasteiger partial charge < -0.3 is 4.74 Å². The molecule has 2 aromatic carbocycles. The topological polar surface area (TPSA) is 43.4 Å². The molecule has 0 aliphatic carbocycles. The van der Waals surface area contributed by atoms with E-state index in [1.54, 1.807) is 32.0 Å². The van der Waals surface area contributed by atoms with Crippen LogP contribution in [0.1, 0.15) is 38.8 Å². The molecule has 0 aliphatic rings. The molecule has 3 nitrogen and oxygen atoms in total. The van der Waals surface area contributed by atoms with Gasteiger partial charge in [-0.25, -0.2) is 0 Å². The summed E-state index contributed by atoms with van der Waals surface area (Å²) in [4.78, 5) is 22.3. The summed E-state index contributed by atoms with van der Waals surface area (Å²) < 4.78 is 39.8. The molecule has 2 aromatic rings. The van der Waals surface area contributed by atoms with Crippen LogP contribution in [0, 0.1) is 0 Å². The minimum absolute atomic E-state index is 0.360. The van der Waals surface area contributed by atoms with Crippen LogP contribution in [0.5, 0.6) is 5.75 Å². The van der Waals surface area contributed by atoms with Crippen molar-refractivity contribution >= 4 is 56.9 Å². The standard InChI is InChI=1S/C11H10ClF3O2.C10H9Cl3O/c1-10(2,9(12)16)7-4-3-5-8(6-7)17-11(13,14)15;1-10(2,9(13)14)6-3-7(11)5-8(12)4-6/h3-6H,1-2H3;3-5H,1-2H3. The van der Waals surface area contributed by atoms with E-state index in [-0.39, 0.29) is 5.75 Å². The van der Waals surface area contributed by atoms with Crippen molar-refractivity contribution < 1.29 is 27.5 Å². The smallest absolute Gasteiger partial charge is 0.406 e. The van der Waals surface area contributed by atoms with Crippen LogP contribution >= 0.6 is 46.4 Å². The molecule has 31 heavy (non-hydrogen) atoms. The predicted octanol–water partition coefficient (Wildman–Crippen LogP) is 7.66. The summed E-state index contributed by atoms with van der Waals surface area (Å²) in [6, 6.07) is 10.2. The molecule has 0 aliphatic heterocycles. The fourth-order valence-electron chi connectivity index (χ4n) is 2.22. The van der Waals surface area contributed by atoms with E-state index in [9.17, 15) is 22.8 Å². The average molecular weight is 518 g/mol. The molecule has 2 rings (SSSR count). The highest BCUT2D eigenvalue weighted by Gasteiger charge is 2.33. The lowest BCUT2D eigenvalue weighted by molar-refractivity contribution is -0.274. The maximum Gasteiger partial charge on any atom is 0.573 e. The molecule has 170 valence electrons. The first kappa shape index (κ1) is 27.6. The van der Waals surface area contributed by atoms with Crippen molar-refractivity contribution in [2.24, 2.45) is 0 Å². The first-order valence-corrected chi connectivity index (χ1v) is 10.2. The molecule has 0 saturated carbocycles. The molecule has 0 unspecified atom stereocenters. The highest BCUT2D eigenvalue weighted by molar-refractivity contribution is 6.65. The van der Waals surface area contributed by atoms with E-state index >= 15 is 0 Å². The Kier molecular flexibility index (Phi) is 9.27. The quantitative estimate of drug-likeness (QED) is 0.382. The predicted molar refractivity (Wildman–Crippen MR) is 117 cm³/mol. The van der Waals surface area contributed by atoms with Gasteiger partial charge in [0.25, 0.3) is 0 Å². The number of carbonyl (C=O) groups is 2. The zero-order valence-corrected chi connectivity index (χ0v) is 19.9. The summed E-state index contributed by atoms with van der Waals surface area (Å²) in [6.45, 7) is 6.50. The molecule has 0 heterocycles. The van der Waals surface area contributed by atoms with E-state index in [1.165, 1.54) is 26.0 Å². The van der Waals surface area contributed by atoms with Gasteiger partial charge in [0, 0.05) is 10.0 Å². The molecule has 0 spiro atoms. The molecule has 0 radical (unpaired) electrons. The second-order valence-electron chi connectivity index (χ2n) is 7.53. The number of halogens is 7. The average Bonchev–Trinajstić information content (AvgIpc) is 2.60. The minimum atomic E-state index is -4.76. The highest BCUT2D eigenvalue weighted by Crippen LogP contribution is 2.32. The van der Waals surface area contributed by atoms with Crippen LogP contribution < -0.4 is 4.74 Å². The summed E-state index contributed by atoms with van der Waals surface area (Å²) in [5, 5.41) is -0.0884. The summed E-state index contributed by atoms with van der Waals surface area (Å²) in [5.41, 5.74) is -0.753. The van der Waals surface area contributed by atoms with Crippen molar-refractivity contribution in [3.63, 3.8) is 0 Å². The monoisotopic (exact) mass is 516 g/mol. The Morgan fingerprint density at radius 2 is 1.23 bits per heavy atom. The molecule has 0 atom stereocenters. The SMILES string of the molecule is CC(C)(C(=O)Cl)c1cc(Cl)cc(Cl)c1.CC(C)(C(=O)Cl)c1cccc(OC(F)(F)F)c1. The van der Waals surface area contributed by atoms with Crippen molar-refractivity contribution in [1.82, 2.24) is 0 Å². The van der Waals surface area contributed by atoms with Crippen LogP contribution in [-0.4, -0.2) is 16.8 Å². The maximum absolute atomic E-state index is 12.0. The van der Waals surface area contributed by atoms with Gasteiger partial charge in [0.15, 0.2) is 0 Å². The molecule has 10 heteroatoms. The van der Waals surface area contributed by atoms with E-state index < -0.39 is 27.7 Å². The van der Waals surface area contributed by atoms with Gasteiger partial charge in [-0.3, -0.25) is 9.59 Å². The second kappa shape index (κ2) is 10.4. The number of hydrogen-bond donors (Lipinski definition) is 0. The largest absolute Gasteiger partial charge is 0.573 e. The Morgan fingerprint density at radius 3 is 1.65 bits per heavy atom. The van der Waals surface area contributed by atoms with Crippen LogP contribution in [0.3, 0.4) is 0 Å². The van der Waals surface area contributed by atoms with Gasteiger partial charge in [0.2, 0.25) is 10.5 Å². The molecular weight excluding hydrogens is 499 g/mol. The third-order valence-electron chi connectivity index (χ3n) is 4.36. The number of benzene rings is 2. The second-order valence-corrected chi connectivity index (χ2v) is 9.09. The highest BCUT2D eigenvalue weighted by atomic mass is 35.5. The third-order valence-corrected chi connectivity index (χ3v) is 5.74. The normalized spacial score (nSPS) is 12.0. The van der Waals surface area contributed by atoms with Gasteiger partial charge in [-0.1, -0.05) is 35.3 Å². The Hall–Kier alpha value is -1.47. The molecule has 0 amide bonds. The minimum Gasteiger partial charge on any atom is -0.406 e. The van der Waals surface area contributed by atoms with Crippen LogP contribution in [0.25, 0.3) is 0 Å². The van der Waals surface area contributed by atoms with Crippen LogP contribution in [0.15, 0.2) is 42.5 Å². The lowest BCUT2D eigenvalue weighted by atomic mass is 9.86. The molecule has 0 aromatic heterocycles. The Labute approximate surface area is 198 Å². The Bertz CT molecular complexity index is 937. The fourth-order valence-corrected chi connectivity index (χ4v) is 2.97. The van der Waals surface area contributed by atoms with Crippen LogP contribution in [0.4, 0.5) is 13.2 Å². The summed E-state index contributed by atoms with van der Waals surface area (Å²) in [6.07, 6.45) is -4.76. The summed E-state index contributed by atoms with van der Waals surface area (Å²) in [7, 11) is 0. The van der Waals surface area contributed by atoms with Crippen molar-refractivity contribution in [3.8, 4) is 5.75 Å². The van der Waals surface area contributed by atoms with Crippen molar-refractivity contribution in [1.29, 1.82) is 0 Å². The molecule has 0 saturated heterocycles. The number of carbonyl (C=O) groups excluding carboxylic acids is 2. The molecule has 0 fully saturated rings. The Balaban J connectivity index is 0.000000316.